The fourth-order valence-corrected chi connectivity index (χ4v) is 2.46. The van der Waals surface area contributed by atoms with Crippen molar-refractivity contribution >= 4 is 6.03 Å². The van der Waals surface area contributed by atoms with Gasteiger partial charge < -0.3 is 15.7 Å². The van der Waals surface area contributed by atoms with Crippen molar-refractivity contribution in [3.63, 3.8) is 0 Å². The number of nitrogens with one attached hydrogen (secondary N) is 2. The zero-order chi connectivity index (χ0) is 17.5. The van der Waals surface area contributed by atoms with Crippen molar-refractivity contribution in [2.45, 2.75) is 46.2 Å². The summed E-state index contributed by atoms with van der Waals surface area (Å²) < 4.78 is 1.79. The minimum atomic E-state index is -0.238. The zero-order valence-corrected chi connectivity index (χ0v) is 14.4. The topological polar surface area (TPSA) is 92.1 Å². The predicted molar refractivity (Wildman–Crippen MR) is 92.0 cm³/mol. The molecule has 2 aromatic heterocycles. The van der Waals surface area contributed by atoms with Crippen LogP contribution in [0.4, 0.5) is 4.79 Å². The lowest BCUT2D eigenvalue weighted by atomic mass is 10.2. The predicted octanol–water partition coefficient (Wildman–Crippen LogP) is 1.84. The van der Waals surface area contributed by atoms with Crippen LogP contribution >= 0.6 is 0 Å². The Morgan fingerprint density at radius 2 is 2.17 bits per heavy atom. The van der Waals surface area contributed by atoms with Crippen LogP contribution in [0, 0.1) is 13.8 Å². The van der Waals surface area contributed by atoms with E-state index in [2.05, 4.69) is 20.7 Å². The molecule has 130 valence electrons. The van der Waals surface area contributed by atoms with Crippen molar-refractivity contribution < 1.29 is 9.90 Å². The quantitative estimate of drug-likeness (QED) is 0.722. The molecule has 1 atom stereocenters. The molecule has 0 aromatic carbocycles. The van der Waals surface area contributed by atoms with Crippen molar-refractivity contribution in [2.24, 2.45) is 0 Å². The number of aromatic nitrogens is 3. The van der Waals surface area contributed by atoms with Gasteiger partial charge in [0.1, 0.15) is 0 Å². The number of pyridine rings is 1. The summed E-state index contributed by atoms with van der Waals surface area (Å²) in [5.41, 5.74) is 2.88. The molecular weight excluding hydrogens is 306 g/mol. The summed E-state index contributed by atoms with van der Waals surface area (Å²) in [4.78, 5) is 16.3. The summed E-state index contributed by atoms with van der Waals surface area (Å²) in [5, 5.41) is 19.0. The number of nitrogens with zero attached hydrogens (tertiary/aromatic N) is 3. The third kappa shape index (κ3) is 4.79. The number of aryl methyl sites for hydroxylation is 2. The minimum absolute atomic E-state index is 0.0125. The van der Waals surface area contributed by atoms with Crippen LogP contribution in [0.25, 0.3) is 5.82 Å². The van der Waals surface area contributed by atoms with E-state index in [0.717, 1.165) is 29.2 Å². The minimum Gasteiger partial charge on any atom is -0.396 e. The van der Waals surface area contributed by atoms with Gasteiger partial charge in [0.2, 0.25) is 0 Å². The molecule has 0 saturated carbocycles. The third-order valence-corrected chi connectivity index (χ3v) is 3.79. The number of rotatable bonds is 7. The van der Waals surface area contributed by atoms with Gasteiger partial charge in [-0.15, -0.1) is 0 Å². The van der Waals surface area contributed by atoms with Crippen LogP contribution in [-0.4, -0.2) is 38.6 Å². The van der Waals surface area contributed by atoms with E-state index in [-0.39, 0.29) is 18.7 Å². The first-order valence-electron chi connectivity index (χ1n) is 8.17. The van der Waals surface area contributed by atoms with Crippen LogP contribution in [0.3, 0.4) is 0 Å². The number of carbonyl (C=O) groups excluding carboxylic acids is 1. The maximum Gasteiger partial charge on any atom is 0.315 e. The van der Waals surface area contributed by atoms with E-state index in [1.54, 1.807) is 10.9 Å². The Bertz CT molecular complexity index is 666. The number of hydrogen-bond acceptors (Lipinski definition) is 4. The van der Waals surface area contributed by atoms with Crippen LogP contribution < -0.4 is 10.6 Å². The fourth-order valence-electron chi connectivity index (χ4n) is 2.46. The summed E-state index contributed by atoms with van der Waals surface area (Å²) >= 11 is 0. The highest BCUT2D eigenvalue weighted by Crippen LogP contribution is 2.10. The van der Waals surface area contributed by atoms with Crippen molar-refractivity contribution in [1.29, 1.82) is 0 Å². The van der Waals surface area contributed by atoms with Crippen molar-refractivity contribution in [2.75, 3.05) is 6.61 Å². The second-order valence-electron chi connectivity index (χ2n) is 5.81. The SMILES string of the molecule is CCC(CCO)NC(=O)NCc1ccc(-n2nc(C)cc2C)nc1. The van der Waals surface area contributed by atoms with Crippen LogP contribution in [0.2, 0.25) is 0 Å². The first-order chi connectivity index (χ1) is 11.5. The van der Waals surface area contributed by atoms with E-state index in [1.165, 1.54) is 0 Å². The van der Waals surface area contributed by atoms with Gasteiger partial charge in [-0.3, -0.25) is 0 Å². The third-order valence-electron chi connectivity index (χ3n) is 3.79. The van der Waals surface area contributed by atoms with Crippen LogP contribution in [-0.2, 0) is 6.54 Å². The van der Waals surface area contributed by atoms with Crippen LogP contribution in [0.5, 0.6) is 0 Å². The van der Waals surface area contributed by atoms with Gasteiger partial charge in [0.15, 0.2) is 5.82 Å². The largest absolute Gasteiger partial charge is 0.396 e. The lowest BCUT2D eigenvalue weighted by Crippen LogP contribution is -2.41. The molecule has 24 heavy (non-hydrogen) atoms. The summed E-state index contributed by atoms with van der Waals surface area (Å²) in [6.07, 6.45) is 3.08. The molecule has 0 saturated heterocycles. The summed E-state index contributed by atoms with van der Waals surface area (Å²) in [6.45, 7) is 6.36. The standard InChI is InChI=1S/C17H25N5O2/c1-4-15(7-8-23)20-17(24)19-11-14-5-6-16(18-10-14)22-13(3)9-12(2)21-22/h5-6,9-10,15,23H,4,7-8,11H2,1-3H3,(H2,19,20,24). The number of carbonyl (C=O) groups is 1. The zero-order valence-electron chi connectivity index (χ0n) is 14.4. The highest BCUT2D eigenvalue weighted by Gasteiger charge is 2.09. The summed E-state index contributed by atoms with van der Waals surface area (Å²) in [5.74, 6) is 0.753. The van der Waals surface area contributed by atoms with E-state index < -0.39 is 0 Å². The molecule has 0 aliphatic heterocycles. The maximum atomic E-state index is 11.9. The van der Waals surface area contributed by atoms with Gasteiger partial charge >= 0.3 is 6.03 Å². The molecule has 2 rings (SSSR count). The molecular formula is C17H25N5O2. The lowest BCUT2D eigenvalue weighted by Gasteiger charge is -2.16. The van der Waals surface area contributed by atoms with Gasteiger partial charge in [0.25, 0.3) is 0 Å². The lowest BCUT2D eigenvalue weighted by molar-refractivity contribution is 0.227. The Balaban J connectivity index is 1.90. The molecule has 2 amide bonds. The number of hydrogen-bond donors (Lipinski definition) is 3. The fraction of sp³-hybridized carbons (Fsp3) is 0.471. The molecule has 2 aromatic rings. The molecule has 0 aliphatic rings. The molecule has 7 heteroatoms. The maximum absolute atomic E-state index is 11.9. The Morgan fingerprint density at radius 1 is 1.38 bits per heavy atom. The monoisotopic (exact) mass is 331 g/mol. The smallest absolute Gasteiger partial charge is 0.315 e. The van der Waals surface area contributed by atoms with Gasteiger partial charge in [0, 0.05) is 31.1 Å². The highest BCUT2D eigenvalue weighted by atomic mass is 16.3. The molecule has 3 N–H and O–H groups in total. The van der Waals surface area contributed by atoms with E-state index in [0.29, 0.717) is 13.0 Å². The Morgan fingerprint density at radius 3 is 2.71 bits per heavy atom. The van der Waals surface area contributed by atoms with Crippen molar-refractivity contribution in [3.05, 3.63) is 41.3 Å². The van der Waals surface area contributed by atoms with Gasteiger partial charge in [-0.05, 0) is 44.4 Å². The molecule has 0 bridgehead atoms. The van der Waals surface area contributed by atoms with E-state index in [1.807, 2.05) is 39.0 Å². The summed E-state index contributed by atoms with van der Waals surface area (Å²) in [6, 6.07) is 5.55. The van der Waals surface area contributed by atoms with Crippen molar-refractivity contribution in [3.8, 4) is 5.82 Å². The van der Waals surface area contributed by atoms with Crippen LogP contribution in [0.1, 0.15) is 36.7 Å². The summed E-state index contributed by atoms with van der Waals surface area (Å²) in [7, 11) is 0. The van der Waals surface area contributed by atoms with E-state index in [4.69, 9.17) is 5.11 Å². The molecule has 1 unspecified atom stereocenters. The second-order valence-corrected chi connectivity index (χ2v) is 5.81. The molecule has 7 nitrogen and oxygen atoms in total. The van der Waals surface area contributed by atoms with Gasteiger partial charge in [-0.2, -0.15) is 5.10 Å². The van der Waals surface area contributed by atoms with Gasteiger partial charge in [-0.1, -0.05) is 13.0 Å². The average Bonchev–Trinajstić information content (AvgIpc) is 2.91. The molecule has 0 spiro atoms. The normalized spacial score (nSPS) is 12.0. The first-order valence-corrected chi connectivity index (χ1v) is 8.17. The molecule has 2 heterocycles. The second kappa shape index (κ2) is 8.44. The Hall–Kier alpha value is -2.41. The van der Waals surface area contributed by atoms with Crippen molar-refractivity contribution in [1.82, 2.24) is 25.4 Å². The number of urea groups is 1. The first kappa shape index (κ1) is 17.9. The Kier molecular flexibility index (Phi) is 6.31. The molecule has 0 aliphatic carbocycles. The van der Waals surface area contributed by atoms with Gasteiger partial charge in [-0.25, -0.2) is 14.5 Å². The molecule has 0 radical (unpaired) electrons. The Labute approximate surface area is 142 Å². The average molecular weight is 331 g/mol. The number of amides is 2. The number of aliphatic hydroxyl groups excluding tert-OH is 1. The van der Waals surface area contributed by atoms with Crippen LogP contribution in [0.15, 0.2) is 24.4 Å². The highest BCUT2D eigenvalue weighted by molar-refractivity contribution is 5.74. The molecule has 0 fully saturated rings. The van der Waals surface area contributed by atoms with Gasteiger partial charge in [0.05, 0.1) is 5.69 Å². The number of aliphatic hydroxyl groups is 1. The van der Waals surface area contributed by atoms with E-state index in [9.17, 15) is 4.79 Å². The van der Waals surface area contributed by atoms with E-state index >= 15 is 0 Å².